The van der Waals surface area contributed by atoms with E-state index < -0.39 is 15.7 Å². The van der Waals surface area contributed by atoms with Gasteiger partial charge in [0.25, 0.3) is 0 Å². The van der Waals surface area contributed by atoms with Gasteiger partial charge >= 0.3 is 0 Å². The number of amides is 1. The van der Waals surface area contributed by atoms with Gasteiger partial charge in [-0.3, -0.25) is 4.79 Å². The van der Waals surface area contributed by atoms with Crippen LogP contribution in [0.4, 0.5) is 5.82 Å². The standard InChI is InChI=1S/C19H23N3O3S/c1-12(2)18(22-17-11-15(19(20)23)7-8-21-17)14-6-5-13-4-3-9-26(24,25)16(13)10-14/h5-8,10-12,18H,3-4,9H2,1-2H3,(H2,20,23)(H,21,22)/t18-/m1/s1. The second-order valence-corrected chi connectivity index (χ2v) is 9.03. The van der Waals surface area contributed by atoms with Crippen LogP contribution in [0.2, 0.25) is 0 Å². The van der Waals surface area contributed by atoms with E-state index in [4.69, 9.17) is 5.73 Å². The van der Waals surface area contributed by atoms with Crippen LogP contribution in [0, 0.1) is 5.92 Å². The van der Waals surface area contributed by atoms with Gasteiger partial charge in [-0.2, -0.15) is 0 Å². The van der Waals surface area contributed by atoms with Gasteiger partial charge < -0.3 is 11.1 Å². The van der Waals surface area contributed by atoms with E-state index in [-0.39, 0.29) is 17.7 Å². The molecule has 1 aromatic heterocycles. The van der Waals surface area contributed by atoms with Gasteiger partial charge in [-0.15, -0.1) is 0 Å². The molecule has 2 heterocycles. The highest BCUT2D eigenvalue weighted by Crippen LogP contribution is 2.32. The first-order chi connectivity index (χ1) is 12.3. The number of hydrogen-bond acceptors (Lipinski definition) is 5. The van der Waals surface area contributed by atoms with Crippen LogP contribution in [0.5, 0.6) is 0 Å². The maximum atomic E-state index is 12.4. The number of carbonyl (C=O) groups excluding carboxylic acids is 1. The lowest BCUT2D eigenvalue weighted by atomic mass is 9.94. The van der Waals surface area contributed by atoms with E-state index in [2.05, 4.69) is 10.3 Å². The fourth-order valence-electron chi connectivity index (χ4n) is 3.28. The number of rotatable bonds is 5. The molecule has 0 saturated heterocycles. The Morgan fingerprint density at radius 3 is 2.69 bits per heavy atom. The normalized spacial score (nSPS) is 16.7. The molecule has 2 aromatic rings. The van der Waals surface area contributed by atoms with Crippen molar-refractivity contribution in [1.29, 1.82) is 0 Å². The number of aryl methyl sites for hydroxylation is 1. The molecule has 1 aliphatic heterocycles. The van der Waals surface area contributed by atoms with Gasteiger partial charge in [0.05, 0.1) is 16.7 Å². The van der Waals surface area contributed by atoms with E-state index in [1.165, 1.54) is 6.20 Å². The van der Waals surface area contributed by atoms with Crippen LogP contribution in [-0.2, 0) is 16.3 Å². The molecule has 6 nitrogen and oxygen atoms in total. The van der Waals surface area contributed by atoms with Gasteiger partial charge in [0, 0.05) is 11.8 Å². The number of fused-ring (bicyclic) bond motifs is 1. The molecule has 0 fully saturated rings. The quantitative estimate of drug-likeness (QED) is 0.839. The Morgan fingerprint density at radius 2 is 2.00 bits per heavy atom. The van der Waals surface area contributed by atoms with Crippen molar-refractivity contribution in [3.8, 4) is 0 Å². The second kappa shape index (κ2) is 7.07. The Balaban J connectivity index is 1.97. The smallest absolute Gasteiger partial charge is 0.248 e. The van der Waals surface area contributed by atoms with Crippen molar-refractivity contribution < 1.29 is 13.2 Å². The third-order valence-electron chi connectivity index (χ3n) is 4.66. The molecule has 26 heavy (non-hydrogen) atoms. The van der Waals surface area contributed by atoms with E-state index >= 15 is 0 Å². The summed E-state index contributed by atoms with van der Waals surface area (Å²) in [7, 11) is -3.22. The summed E-state index contributed by atoms with van der Waals surface area (Å²) in [6, 6.07) is 8.67. The average molecular weight is 373 g/mol. The SMILES string of the molecule is CC(C)[C@@H](Nc1cc(C(N)=O)ccn1)c1ccc2c(c1)S(=O)(=O)CCC2. The topological polar surface area (TPSA) is 102 Å². The average Bonchev–Trinajstić information content (AvgIpc) is 2.59. The highest BCUT2D eigenvalue weighted by Gasteiger charge is 2.26. The Kier molecular flexibility index (Phi) is 5.00. The molecular weight excluding hydrogens is 350 g/mol. The summed E-state index contributed by atoms with van der Waals surface area (Å²) in [5.41, 5.74) is 7.47. The number of aromatic nitrogens is 1. The summed E-state index contributed by atoms with van der Waals surface area (Å²) < 4.78 is 24.8. The first kappa shape index (κ1) is 18.4. The number of nitrogens with two attached hydrogens (primary N) is 1. The zero-order chi connectivity index (χ0) is 18.9. The number of sulfone groups is 1. The van der Waals surface area contributed by atoms with E-state index in [9.17, 15) is 13.2 Å². The number of pyridine rings is 1. The molecule has 0 aliphatic carbocycles. The third-order valence-corrected chi connectivity index (χ3v) is 6.54. The van der Waals surface area contributed by atoms with Crippen LogP contribution < -0.4 is 11.1 Å². The van der Waals surface area contributed by atoms with E-state index in [1.54, 1.807) is 18.2 Å². The summed E-state index contributed by atoms with van der Waals surface area (Å²) in [5, 5.41) is 3.31. The summed E-state index contributed by atoms with van der Waals surface area (Å²) >= 11 is 0. The van der Waals surface area contributed by atoms with Crippen molar-refractivity contribution in [2.45, 2.75) is 37.6 Å². The van der Waals surface area contributed by atoms with E-state index in [1.807, 2.05) is 26.0 Å². The molecule has 1 aliphatic rings. The molecular formula is C19H23N3O3S. The van der Waals surface area contributed by atoms with Gasteiger partial charge in [-0.25, -0.2) is 13.4 Å². The highest BCUT2D eigenvalue weighted by molar-refractivity contribution is 7.91. The monoisotopic (exact) mass is 373 g/mol. The molecule has 0 saturated carbocycles. The van der Waals surface area contributed by atoms with Gasteiger partial charge in [-0.1, -0.05) is 26.0 Å². The fourth-order valence-corrected chi connectivity index (χ4v) is 4.91. The molecule has 0 unspecified atom stereocenters. The van der Waals surface area contributed by atoms with Gasteiger partial charge in [0.1, 0.15) is 5.82 Å². The molecule has 1 atom stereocenters. The fraction of sp³-hybridized carbons (Fsp3) is 0.368. The molecule has 3 rings (SSSR count). The Bertz CT molecular complexity index is 939. The van der Waals surface area contributed by atoms with Crippen LogP contribution >= 0.6 is 0 Å². The number of nitrogens with one attached hydrogen (secondary N) is 1. The summed E-state index contributed by atoms with van der Waals surface area (Å²) in [6.45, 7) is 4.09. The predicted octanol–water partition coefficient (Wildman–Crippen LogP) is 2.71. The number of carbonyl (C=O) groups is 1. The van der Waals surface area contributed by atoms with E-state index in [0.29, 0.717) is 22.7 Å². The van der Waals surface area contributed by atoms with Gasteiger partial charge in [-0.05, 0) is 48.1 Å². The number of primary amides is 1. The molecule has 1 aromatic carbocycles. The van der Waals surface area contributed by atoms with Crippen molar-refractivity contribution in [2.75, 3.05) is 11.1 Å². The maximum Gasteiger partial charge on any atom is 0.248 e. The van der Waals surface area contributed by atoms with Crippen molar-refractivity contribution in [3.05, 3.63) is 53.2 Å². The van der Waals surface area contributed by atoms with E-state index in [0.717, 1.165) is 17.5 Å². The minimum absolute atomic E-state index is 0.145. The summed E-state index contributed by atoms with van der Waals surface area (Å²) in [6.07, 6.45) is 2.98. The summed E-state index contributed by atoms with van der Waals surface area (Å²) in [4.78, 5) is 16.1. The van der Waals surface area contributed by atoms with Gasteiger partial charge in [0.15, 0.2) is 9.84 Å². The molecule has 0 bridgehead atoms. The van der Waals surface area contributed by atoms with Crippen LogP contribution in [0.3, 0.4) is 0 Å². The zero-order valence-corrected chi connectivity index (χ0v) is 15.7. The Morgan fingerprint density at radius 1 is 1.23 bits per heavy atom. The Labute approximate surface area is 153 Å². The molecule has 7 heteroatoms. The summed E-state index contributed by atoms with van der Waals surface area (Å²) in [5.74, 6) is 0.390. The molecule has 3 N–H and O–H groups in total. The Hall–Kier alpha value is -2.41. The lowest BCUT2D eigenvalue weighted by Crippen LogP contribution is -2.21. The number of benzene rings is 1. The minimum Gasteiger partial charge on any atom is -0.366 e. The first-order valence-electron chi connectivity index (χ1n) is 8.66. The second-order valence-electron chi connectivity index (χ2n) is 6.95. The van der Waals surface area contributed by atoms with Crippen LogP contribution in [0.25, 0.3) is 0 Å². The molecule has 0 radical (unpaired) electrons. The number of nitrogens with zero attached hydrogens (tertiary/aromatic N) is 1. The molecule has 0 spiro atoms. The van der Waals surface area contributed by atoms with Crippen LogP contribution in [0.15, 0.2) is 41.4 Å². The highest BCUT2D eigenvalue weighted by atomic mass is 32.2. The number of anilines is 1. The van der Waals surface area contributed by atoms with Crippen molar-refractivity contribution in [2.24, 2.45) is 11.7 Å². The largest absolute Gasteiger partial charge is 0.366 e. The van der Waals surface area contributed by atoms with Crippen molar-refractivity contribution in [3.63, 3.8) is 0 Å². The van der Waals surface area contributed by atoms with Crippen LogP contribution in [-0.4, -0.2) is 25.1 Å². The first-order valence-corrected chi connectivity index (χ1v) is 10.3. The van der Waals surface area contributed by atoms with Gasteiger partial charge in [0.2, 0.25) is 5.91 Å². The third kappa shape index (κ3) is 3.72. The molecule has 138 valence electrons. The lowest BCUT2D eigenvalue weighted by molar-refractivity contribution is 0.1000. The molecule has 1 amide bonds. The van der Waals surface area contributed by atoms with Crippen LogP contribution in [0.1, 0.15) is 47.8 Å². The maximum absolute atomic E-state index is 12.4. The zero-order valence-electron chi connectivity index (χ0n) is 14.9. The minimum atomic E-state index is -3.22. The number of hydrogen-bond donors (Lipinski definition) is 2. The van der Waals surface area contributed by atoms with Crippen molar-refractivity contribution >= 4 is 21.6 Å². The van der Waals surface area contributed by atoms with Crippen molar-refractivity contribution in [1.82, 2.24) is 4.98 Å². The lowest BCUT2D eigenvalue weighted by Gasteiger charge is -2.26. The predicted molar refractivity (Wildman–Crippen MR) is 101 cm³/mol.